The van der Waals surface area contributed by atoms with Crippen molar-refractivity contribution in [3.05, 3.63) is 71.7 Å². The molecule has 0 N–H and O–H groups in total. The maximum Gasteiger partial charge on any atom is 0.836 e. The largest absolute Gasteiger partial charge is 0.836 e. The van der Waals surface area contributed by atoms with Crippen LogP contribution in [0.3, 0.4) is 0 Å². The molecule has 2 aliphatic heterocycles. The fourth-order valence-corrected chi connectivity index (χ4v) is 5.15. The zero-order valence-electron chi connectivity index (χ0n) is 15.6. The van der Waals surface area contributed by atoms with Gasteiger partial charge in [0.2, 0.25) is 5.71 Å². The Morgan fingerprint density at radius 3 is 2.52 bits per heavy atom. The molecule has 6 rings (SSSR count). The Labute approximate surface area is 177 Å². The van der Waals surface area contributed by atoms with Gasteiger partial charge in [-0.15, -0.1) is 0 Å². The Morgan fingerprint density at radius 1 is 0.903 bits per heavy atom. The first-order valence-electron chi connectivity index (χ1n) is 9.46. The number of thiazole rings is 1. The Morgan fingerprint density at radius 2 is 1.65 bits per heavy atom. The van der Waals surface area contributed by atoms with Crippen molar-refractivity contribution < 1.29 is 26.4 Å². The average Bonchev–Trinajstić information content (AvgIpc) is 3.13. The maximum atomic E-state index is 15.1. The van der Waals surface area contributed by atoms with Crippen LogP contribution in [-0.2, 0) is 4.65 Å². The lowest BCUT2D eigenvalue weighted by atomic mass is 9.93. The van der Waals surface area contributed by atoms with E-state index in [0.717, 1.165) is 21.2 Å². The predicted molar refractivity (Wildman–Crippen MR) is 115 cm³/mol. The summed E-state index contributed by atoms with van der Waals surface area (Å²) in [5.74, 6) is -0.835. The number of nitrogens with zero attached hydrogens (tertiary/aromatic N) is 4. The van der Waals surface area contributed by atoms with Crippen LogP contribution in [-0.4, -0.2) is 25.6 Å². The van der Waals surface area contributed by atoms with Gasteiger partial charge in [0.05, 0.1) is 4.70 Å². The van der Waals surface area contributed by atoms with Gasteiger partial charge in [-0.3, -0.25) is 4.48 Å². The van der Waals surface area contributed by atoms with Crippen LogP contribution in [0, 0.1) is 0 Å². The summed E-state index contributed by atoms with van der Waals surface area (Å²) >= 11 is 1.03. The molecule has 3 aromatic carbocycles. The summed E-state index contributed by atoms with van der Waals surface area (Å²) < 4.78 is 65.8. The third-order valence-electron chi connectivity index (χ3n) is 5.30. The summed E-state index contributed by atoms with van der Waals surface area (Å²) in [6.45, 7) is -4.68. The van der Waals surface area contributed by atoms with E-state index in [1.54, 1.807) is 54.6 Å². The molecule has 4 aromatic rings. The third kappa shape index (κ3) is 2.61. The molecule has 0 bridgehead atoms. The summed E-state index contributed by atoms with van der Waals surface area (Å²) in [6, 6.07) is 18.5. The molecule has 2 aliphatic rings. The topological polar surface area (TPSA) is 41.1 Å². The van der Waals surface area contributed by atoms with Crippen LogP contribution in [0.25, 0.3) is 21.0 Å². The second kappa shape index (κ2) is 6.07. The van der Waals surface area contributed by atoms with Crippen molar-refractivity contribution >= 4 is 63.6 Å². The normalized spacial score (nSPS) is 18.8. The first-order valence-corrected chi connectivity index (χ1v) is 10.3. The van der Waals surface area contributed by atoms with Crippen LogP contribution in [0.1, 0.15) is 5.01 Å². The number of anilines is 1. The van der Waals surface area contributed by atoms with Crippen LogP contribution in [0.5, 0.6) is 0 Å². The van der Waals surface area contributed by atoms with Gasteiger partial charge < -0.3 is 31.7 Å². The van der Waals surface area contributed by atoms with Crippen molar-refractivity contribution in [3.8, 4) is 0 Å². The summed E-state index contributed by atoms with van der Waals surface area (Å²) in [5, 5.41) is 5.43. The number of hydrazone groups is 1. The van der Waals surface area contributed by atoms with E-state index in [-0.39, 0.29) is 21.9 Å². The van der Waals surface area contributed by atoms with Gasteiger partial charge in [0.1, 0.15) is 0 Å². The molecule has 0 aliphatic carbocycles. The molecular weight excluding hydrogens is 430 g/mol. The SMILES string of the molecule is F[B-]1(F)N=C2O[B-](F)(F)[n+]3c(sc4ccccc43)C2=NN1c1cccc2ccccc12. The molecule has 0 saturated carbocycles. The molecule has 0 saturated heterocycles. The molecule has 0 unspecified atom stereocenters. The van der Waals surface area contributed by atoms with Gasteiger partial charge in [0, 0.05) is 17.1 Å². The van der Waals surface area contributed by atoms with Gasteiger partial charge in [0.25, 0.3) is 5.01 Å². The number of halogens is 4. The number of benzene rings is 3. The lowest BCUT2D eigenvalue weighted by molar-refractivity contribution is -0.550. The molecule has 12 heteroatoms. The molecule has 0 atom stereocenters. The zero-order valence-corrected chi connectivity index (χ0v) is 16.4. The molecule has 3 heterocycles. The van der Waals surface area contributed by atoms with E-state index >= 15 is 8.63 Å². The van der Waals surface area contributed by atoms with E-state index in [4.69, 9.17) is 4.65 Å². The van der Waals surface area contributed by atoms with Gasteiger partial charge in [0.15, 0.2) is 11.4 Å². The number of rotatable bonds is 1. The highest BCUT2D eigenvalue weighted by Gasteiger charge is 2.57. The third-order valence-corrected chi connectivity index (χ3v) is 6.45. The first-order chi connectivity index (χ1) is 14.9. The van der Waals surface area contributed by atoms with E-state index in [0.29, 0.717) is 15.0 Å². The zero-order chi connectivity index (χ0) is 21.4. The van der Waals surface area contributed by atoms with Crippen LogP contribution >= 0.6 is 11.3 Å². The fourth-order valence-electron chi connectivity index (χ4n) is 3.98. The molecule has 0 fully saturated rings. The number of fused-ring (bicyclic) bond motifs is 6. The van der Waals surface area contributed by atoms with Gasteiger partial charge >= 0.3 is 14.0 Å². The van der Waals surface area contributed by atoms with E-state index < -0.39 is 19.9 Å². The highest BCUT2D eigenvalue weighted by atomic mass is 32.1. The molecule has 0 amide bonds. The van der Waals surface area contributed by atoms with Gasteiger partial charge in [-0.2, -0.15) is 5.10 Å². The van der Waals surface area contributed by atoms with Gasteiger partial charge in [-0.25, -0.2) is 0 Å². The highest BCUT2D eigenvalue weighted by molar-refractivity contribution is 7.21. The number of aromatic nitrogens is 1. The summed E-state index contributed by atoms with van der Waals surface area (Å²) in [5.41, 5.74) is 0.234. The maximum absolute atomic E-state index is 15.1. The first kappa shape index (κ1) is 18.4. The minimum absolute atomic E-state index is 0.0211. The van der Waals surface area contributed by atoms with Crippen molar-refractivity contribution in [1.29, 1.82) is 0 Å². The Bertz CT molecular complexity index is 1450. The van der Waals surface area contributed by atoms with Crippen LogP contribution in [0.2, 0.25) is 0 Å². The molecule has 0 spiro atoms. The van der Waals surface area contributed by atoms with E-state index in [9.17, 15) is 8.63 Å². The summed E-state index contributed by atoms with van der Waals surface area (Å²) in [6.07, 6.45) is 0. The van der Waals surface area contributed by atoms with Crippen molar-refractivity contribution in [2.45, 2.75) is 0 Å². The standard InChI is InChI=1S/C19H11B2F4N4OS/c22-20(23)26-18-17(27-29(20)14-10-5-7-12-6-1-2-8-13(12)14)19-28(21(24,25)30-18)15-9-3-4-11-16(15)31-19/h1-11H/q-1. The number of hydrogen-bond donors (Lipinski definition) is 0. The smallest absolute Gasteiger partial charge is 0.586 e. The van der Waals surface area contributed by atoms with Crippen molar-refractivity contribution in [3.63, 3.8) is 0 Å². The number of hydrogen-bond acceptors (Lipinski definition) is 5. The molecule has 1 aromatic heterocycles. The Hall–Kier alpha value is -3.40. The molecule has 0 radical (unpaired) electrons. The fraction of sp³-hybridized carbons (Fsp3) is 0. The second-order valence-electron chi connectivity index (χ2n) is 7.24. The van der Waals surface area contributed by atoms with Crippen LogP contribution in [0.4, 0.5) is 23.0 Å². The van der Waals surface area contributed by atoms with Crippen molar-refractivity contribution in [2.75, 3.05) is 4.92 Å². The van der Waals surface area contributed by atoms with E-state index in [1.807, 2.05) is 0 Å². The average molecular weight is 441 g/mol. The van der Waals surface area contributed by atoms with Crippen LogP contribution in [0.15, 0.2) is 76.7 Å². The minimum atomic E-state index is -4.68. The lowest BCUT2D eigenvalue weighted by Gasteiger charge is -2.40. The molecular formula is C19H11B2F4N4OS-. The predicted octanol–water partition coefficient (Wildman–Crippen LogP) is 4.59. The quantitative estimate of drug-likeness (QED) is 0.321. The summed E-state index contributed by atoms with van der Waals surface area (Å²) in [4.78, 5) is 3.84. The Balaban J connectivity index is 1.62. The van der Waals surface area contributed by atoms with Gasteiger partial charge in [-0.1, -0.05) is 59.9 Å². The van der Waals surface area contributed by atoms with Gasteiger partial charge in [-0.05, 0) is 17.5 Å². The van der Waals surface area contributed by atoms with Crippen molar-refractivity contribution in [1.82, 2.24) is 0 Å². The van der Waals surface area contributed by atoms with E-state index in [2.05, 4.69) is 10.0 Å². The molecule has 5 nitrogen and oxygen atoms in total. The minimum Gasteiger partial charge on any atom is -0.586 e. The molecule has 154 valence electrons. The lowest BCUT2D eigenvalue weighted by Crippen LogP contribution is -2.69. The summed E-state index contributed by atoms with van der Waals surface area (Å²) in [7, 11) is -4.64. The van der Waals surface area contributed by atoms with Crippen molar-refractivity contribution in [2.24, 2.45) is 10.0 Å². The molecule has 31 heavy (non-hydrogen) atoms. The highest BCUT2D eigenvalue weighted by Crippen LogP contribution is 2.37. The van der Waals surface area contributed by atoms with E-state index in [1.165, 1.54) is 12.1 Å². The monoisotopic (exact) mass is 441 g/mol. The second-order valence-corrected chi connectivity index (χ2v) is 8.27. The Kier molecular flexibility index (Phi) is 3.60. The van der Waals surface area contributed by atoms with Crippen LogP contribution < -0.4 is 9.40 Å². The number of para-hydroxylation sites is 1.